The van der Waals surface area contributed by atoms with Gasteiger partial charge in [-0.25, -0.2) is 0 Å². The molecule has 3 rings (SSSR count). The summed E-state index contributed by atoms with van der Waals surface area (Å²) in [5, 5.41) is 3.54. The number of nitrogens with one attached hydrogen (secondary N) is 2. The summed E-state index contributed by atoms with van der Waals surface area (Å²) in [6.07, 6.45) is 1.94. The number of hydrogen-bond acceptors (Lipinski definition) is 3. The summed E-state index contributed by atoms with van der Waals surface area (Å²) in [5.41, 5.74) is 4.05. The molecule has 0 radical (unpaired) electrons. The quantitative estimate of drug-likeness (QED) is 0.863. The van der Waals surface area contributed by atoms with Crippen molar-refractivity contribution in [1.29, 1.82) is 0 Å². The minimum atomic E-state index is -0.303. The Kier molecular flexibility index (Phi) is 5.68. The lowest BCUT2D eigenvalue weighted by Crippen LogP contribution is -2.46. The predicted octanol–water partition coefficient (Wildman–Crippen LogP) is 3.83. The number of rotatable bonds is 4. The van der Waals surface area contributed by atoms with Gasteiger partial charge in [0.15, 0.2) is 0 Å². The zero-order chi connectivity index (χ0) is 19.6. The first-order valence-corrected chi connectivity index (χ1v) is 9.71. The minimum absolute atomic E-state index is 0.180. The van der Waals surface area contributed by atoms with Gasteiger partial charge in [0.1, 0.15) is 5.56 Å². The molecule has 1 aliphatic rings. The topological polar surface area (TPSA) is 65.2 Å². The van der Waals surface area contributed by atoms with Crippen LogP contribution in [-0.2, 0) is 0 Å². The van der Waals surface area contributed by atoms with Gasteiger partial charge in [-0.05, 0) is 61.9 Å². The van der Waals surface area contributed by atoms with Gasteiger partial charge in [0, 0.05) is 30.5 Å². The number of amides is 1. The minimum Gasteiger partial charge on any atom is -0.381 e. The Morgan fingerprint density at radius 3 is 2.59 bits per heavy atom. The number of hydrogen-bond donors (Lipinski definition) is 2. The van der Waals surface area contributed by atoms with Crippen molar-refractivity contribution < 1.29 is 4.79 Å². The maximum Gasteiger partial charge on any atom is 0.261 e. The lowest BCUT2D eigenvalue weighted by Gasteiger charge is -2.33. The first kappa shape index (κ1) is 19.2. The summed E-state index contributed by atoms with van der Waals surface area (Å²) >= 11 is 0. The van der Waals surface area contributed by atoms with Gasteiger partial charge in [-0.3, -0.25) is 9.59 Å². The van der Waals surface area contributed by atoms with Crippen LogP contribution >= 0.6 is 0 Å². The Morgan fingerprint density at radius 2 is 1.93 bits per heavy atom. The first-order chi connectivity index (χ1) is 12.8. The van der Waals surface area contributed by atoms with Gasteiger partial charge in [0.2, 0.25) is 0 Å². The Morgan fingerprint density at radius 1 is 1.22 bits per heavy atom. The van der Waals surface area contributed by atoms with Gasteiger partial charge in [-0.2, -0.15) is 0 Å². The van der Waals surface area contributed by atoms with Gasteiger partial charge < -0.3 is 15.2 Å². The third kappa shape index (κ3) is 4.41. The summed E-state index contributed by atoms with van der Waals surface area (Å²) in [7, 11) is 0. The van der Waals surface area contributed by atoms with E-state index in [9.17, 15) is 9.59 Å². The van der Waals surface area contributed by atoms with E-state index < -0.39 is 0 Å². The molecular weight excluding hydrogens is 338 g/mol. The van der Waals surface area contributed by atoms with E-state index in [1.807, 2.05) is 13.8 Å². The Bertz CT molecular complexity index is 868. The molecule has 5 heteroatoms. The molecule has 2 aromatic rings. The number of aromatic nitrogens is 1. The summed E-state index contributed by atoms with van der Waals surface area (Å²) in [4.78, 5) is 29.7. The fraction of sp³-hybridized carbons (Fsp3) is 0.455. The maximum atomic E-state index is 12.9. The number of carbonyl (C=O) groups is 1. The van der Waals surface area contributed by atoms with Crippen LogP contribution in [0.5, 0.6) is 0 Å². The molecule has 1 aromatic heterocycles. The van der Waals surface area contributed by atoms with E-state index in [-0.39, 0.29) is 23.1 Å². The zero-order valence-corrected chi connectivity index (χ0v) is 16.6. The summed E-state index contributed by atoms with van der Waals surface area (Å²) < 4.78 is 0. The van der Waals surface area contributed by atoms with Crippen molar-refractivity contribution in [3.63, 3.8) is 0 Å². The number of anilines is 1. The van der Waals surface area contributed by atoms with Crippen molar-refractivity contribution in [2.75, 3.05) is 18.4 Å². The van der Waals surface area contributed by atoms with Gasteiger partial charge in [-0.1, -0.05) is 26.0 Å². The van der Waals surface area contributed by atoms with Gasteiger partial charge in [-0.15, -0.1) is 0 Å². The highest BCUT2D eigenvalue weighted by molar-refractivity contribution is 5.94. The van der Waals surface area contributed by atoms with E-state index in [4.69, 9.17) is 0 Å². The lowest BCUT2D eigenvalue weighted by molar-refractivity contribution is 0.0713. The molecule has 0 spiro atoms. The van der Waals surface area contributed by atoms with E-state index in [2.05, 4.69) is 48.4 Å². The highest BCUT2D eigenvalue weighted by Gasteiger charge is 2.26. The van der Waals surface area contributed by atoms with Crippen molar-refractivity contribution in [3.05, 3.63) is 63.1 Å². The summed E-state index contributed by atoms with van der Waals surface area (Å²) in [6.45, 7) is 9.41. The van der Waals surface area contributed by atoms with Gasteiger partial charge in [0.25, 0.3) is 11.5 Å². The molecule has 144 valence electrons. The smallest absolute Gasteiger partial charge is 0.261 e. The molecule has 2 N–H and O–H groups in total. The number of piperidine rings is 1. The highest BCUT2D eigenvalue weighted by Crippen LogP contribution is 2.21. The number of nitrogens with zero attached hydrogens (tertiary/aromatic N) is 1. The molecule has 27 heavy (non-hydrogen) atoms. The maximum absolute atomic E-state index is 12.9. The van der Waals surface area contributed by atoms with E-state index >= 15 is 0 Å². The van der Waals surface area contributed by atoms with Crippen LogP contribution in [0.25, 0.3) is 0 Å². The average Bonchev–Trinajstić information content (AvgIpc) is 2.65. The van der Waals surface area contributed by atoms with Crippen LogP contribution in [0.3, 0.4) is 0 Å². The zero-order valence-electron chi connectivity index (χ0n) is 16.6. The SMILES string of the molecule is Cc1cc(C(=O)N2CCC[C@H](Nc3ccc(C(C)C)cc3)C2)c(=O)[nH]c1C. The number of pyridine rings is 1. The highest BCUT2D eigenvalue weighted by atomic mass is 16.2. The number of likely N-dealkylation sites (tertiary alicyclic amines) is 1. The molecule has 1 aromatic carbocycles. The fourth-order valence-electron chi connectivity index (χ4n) is 3.54. The molecule has 0 unspecified atom stereocenters. The monoisotopic (exact) mass is 367 g/mol. The third-order valence-corrected chi connectivity index (χ3v) is 5.39. The number of aromatic amines is 1. The standard InChI is InChI=1S/C22H29N3O2/c1-14(2)17-7-9-18(10-8-17)24-19-6-5-11-25(13-19)22(27)20-12-15(3)16(4)23-21(20)26/h7-10,12,14,19,24H,5-6,11,13H2,1-4H3,(H,23,26)/t19-/m0/s1. The Labute approximate surface area is 160 Å². The molecule has 5 nitrogen and oxygen atoms in total. The second kappa shape index (κ2) is 7.99. The van der Waals surface area contributed by atoms with Crippen LogP contribution in [0, 0.1) is 13.8 Å². The molecule has 1 aliphatic heterocycles. The van der Waals surface area contributed by atoms with Gasteiger partial charge in [0.05, 0.1) is 0 Å². The van der Waals surface area contributed by atoms with Gasteiger partial charge >= 0.3 is 0 Å². The van der Waals surface area contributed by atoms with Crippen LogP contribution in [0.4, 0.5) is 5.69 Å². The van der Waals surface area contributed by atoms with E-state index in [1.165, 1.54) is 5.56 Å². The second-order valence-corrected chi connectivity index (χ2v) is 7.83. The number of carbonyl (C=O) groups excluding carboxylic acids is 1. The molecule has 1 atom stereocenters. The van der Waals surface area contributed by atoms with Crippen LogP contribution in [0.1, 0.15) is 59.8 Å². The molecular formula is C22H29N3O2. The van der Waals surface area contributed by atoms with Crippen LogP contribution in [0.2, 0.25) is 0 Å². The van der Waals surface area contributed by atoms with Crippen LogP contribution in [-0.4, -0.2) is 34.9 Å². The molecule has 2 heterocycles. The van der Waals surface area contributed by atoms with E-state index in [1.54, 1.807) is 11.0 Å². The predicted molar refractivity (Wildman–Crippen MR) is 110 cm³/mol. The van der Waals surface area contributed by atoms with Crippen molar-refractivity contribution in [3.8, 4) is 0 Å². The van der Waals surface area contributed by atoms with Crippen molar-refractivity contribution in [2.45, 2.75) is 52.5 Å². The third-order valence-electron chi connectivity index (χ3n) is 5.39. The van der Waals surface area contributed by atoms with E-state index in [0.717, 1.165) is 29.8 Å². The van der Waals surface area contributed by atoms with Crippen LogP contribution < -0.4 is 10.9 Å². The average molecular weight is 367 g/mol. The van der Waals surface area contributed by atoms with Crippen molar-refractivity contribution in [1.82, 2.24) is 9.88 Å². The lowest BCUT2D eigenvalue weighted by atomic mass is 10.0. The van der Waals surface area contributed by atoms with Crippen molar-refractivity contribution in [2.24, 2.45) is 0 Å². The number of aryl methyl sites for hydroxylation is 2. The molecule has 1 amide bonds. The summed E-state index contributed by atoms with van der Waals surface area (Å²) in [6, 6.07) is 10.4. The van der Waals surface area contributed by atoms with E-state index in [0.29, 0.717) is 19.0 Å². The first-order valence-electron chi connectivity index (χ1n) is 9.71. The number of H-pyrrole nitrogens is 1. The van der Waals surface area contributed by atoms with Crippen LogP contribution in [0.15, 0.2) is 35.1 Å². The molecule has 1 fully saturated rings. The molecule has 1 saturated heterocycles. The molecule has 0 saturated carbocycles. The summed E-state index contributed by atoms with van der Waals surface area (Å²) in [5.74, 6) is 0.332. The Balaban J connectivity index is 1.69. The molecule has 0 aliphatic carbocycles. The second-order valence-electron chi connectivity index (χ2n) is 7.83. The number of benzene rings is 1. The normalized spacial score (nSPS) is 17.2. The largest absolute Gasteiger partial charge is 0.381 e. The van der Waals surface area contributed by atoms with Crippen molar-refractivity contribution >= 4 is 11.6 Å². The fourth-order valence-corrected chi connectivity index (χ4v) is 3.54. The molecule has 0 bridgehead atoms. The Hall–Kier alpha value is -2.56.